The molecule has 2 aromatic carbocycles. The van der Waals surface area contributed by atoms with Crippen LogP contribution in [-0.2, 0) is 12.8 Å². The van der Waals surface area contributed by atoms with E-state index in [1.54, 1.807) is 0 Å². The lowest BCUT2D eigenvalue weighted by Crippen LogP contribution is -1.86. The zero-order valence-electron chi connectivity index (χ0n) is 22.9. The van der Waals surface area contributed by atoms with Crippen LogP contribution in [0.3, 0.4) is 0 Å². The normalized spacial score (nSPS) is 10.6. The molecule has 0 radical (unpaired) electrons. The number of rotatable bonds is 20. The topological polar surface area (TPSA) is 0 Å². The molecule has 0 N–H and O–H groups in total. The number of benzene rings is 2. The number of aryl methyl sites for hydroxylation is 2. The van der Waals surface area contributed by atoms with Crippen LogP contribution in [0.25, 0.3) is 0 Å². The van der Waals surface area contributed by atoms with Gasteiger partial charge in [0.15, 0.2) is 0 Å². The largest absolute Gasteiger partial charge is 0.0654 e. The SMILES string of the molecule is CCCCCCCCCCCCc1ccccc1.CCCCCCCCCCc1ccccc1. The second-order valence-corrected chi connectivity index (χ2v) is 10.1. The Kier molecular flexibility index (Phi) is 22.0. The van der Waals surface area contributed by atoms with E-state index in [1.165, 1.54) is 140 Å². The molecule has 0 nitrogen and oxygen atoms in total. The fraction of sp³-hybridized carbons (Fsp3) is 0.647. The van der Waals surface area contributed by atoms with Crippen LogP contribution in [0.4, 0.5) is 0 Å². The molecule has 0 bridgehead atoms. The van der Waals surface area contributed by atoms with Crippen molar-refractivity contribution < 1.29 is 0 Å². The van der Waals surface area contributed by atoms with Gasteiger partial charge in [0.1, 0.15) is 0 Å². The van der Waals surface area contributed by atoms with E-state index in [0.29, 0.717) is 0 Å². The quantitative estimate of drug-likeness (QED) is 0.171. The van der Waals surface area contributed by atoms with Gasteiger partial charge in [0.05, 0.1) is 0 Å². The zero-order chi connectivity index (χ0) is 24.4. The Labute approximate surface area is 214 Å². The molecule has 2 aromatic rings. The molecular formula is C34H56. The standard InChI is InChI=1S/C18H30.C16H26/c1-2-3-4-5-6-7-8-9-10-12-15-18-16-13-11-14-17-18;1-2-3-4-5-6-7-8-10-13-16-14-11-9-12-15-16/h11,13-14,16-17H,2-10,12,15H2,1H3;9,11-12,14-15H,2-8,10,13H2,1H3. The molecule has 0 fully saturated rings. The highest BCUT2D eigenvalue weighted by Crippen LogP contribution is 2.13. The minimum absolute atomic E-state index is 1.26. The maximum atomic E-state index is 2.28. The van der Waals surface area contributed by atoms with E-state index < -0.39 is 0 Å². The van der Waals surface area contributed by atoms with Crippen molar-refractivity contribution in [1.82, 2.24) is 0 Å². The summed E-state index contributed by atoms with van der Waals surface area (Å²) in [5.41, 5.74) is 2.99. The maximum absolute atomic E-state index is 2.28. The maximum Gasteiger partial charge on any atom is -0.0279 e. The smallest absolute Gasteiger partial charge is 0.0279 e. The molecule has 0 unspecified atom stereocenters. The fourth-order valence-corrected chi connectivity index (χ4v) is 4.57. The van der Waals surface area contributed by atoms with E-state index in [2.05, 4.69) is 74.5 Å². The van der Waals surface area contributed by atoms with E-state index in [1.807, 2.05) is 0 Å². The van der Waals surface area contributed by atoms with E-state index in [4.69, 9.17) is 0 Å². The third-order valence-corrected chi connectivity index (χ3v) is 6.82. The van der Waals surface area contributed by atoms with Gasteiger partial charge in [-0.3, -0.25) is 0 Å². The monoisotopic (exact) mass is 464 g/mol. The summed E-state index contributed by atoms with van der Waals surface area (Å²) in [7, 11) is 0. The highest BCUT2D eigenvalue weighted by molar-refractivity contribution is 5.15. The first kappa shape index (κ1) is 30.5. The van der Waals surface area contributed by atoms with Gasteiger partial charge in [0.2, 0.25) is 0 Å². The lowest BCUT2D eigenvalue weighted by Gasteiger charge is -2.03. The van der Waals surface area contributed by atoms with E-state index in [-0.39, 0.29) is 0 Å². The van der Waals surface area contributed by atoms with Crippen LogP contribution < -0.4 is 0 Å². The van der Waals surface area contributed by atoms with E-state index in [0.717, 1.165) is 0 Å². The Bertz CT molecular complexity index is 615. The third kappa shape index (κ3) is 19.9. The van der Waals surface area contributed by atoms with Gasteiger partial charge in [0, 0.05) is 0 Å². The van der Waals surface area contributed by atoms with Crippen molar-refractivity contribution in [3.63, 3.8) is 0 Å². The van der Waals surface area contributed by atoms with Crippen molar-refractivity contribution in [1.29, 1.82) is 0 Å². The number of unbranched alkanes of at least 4 members (excludes halogenated alkanes) is 16. The molecule has 0 aliphatic heterocycles. The summed E-state index contributed by atoms with van der Waals surface area (Å²) >= 11 is 0. The van der Waals surface area contributed by atoms with Gasteiger partial charge in [-0.05, 0) is 36.8 Å². The Balaban J connectivity index is 0.000000342. The van der Waals surface area contributed by atoms with Gasteiger partial charge in [0.25, 0.3) is 0 Å². The lowest BCUT2D eigenvalue weighted by molar-refractivity contribution is 0.556. The molecule has 0 aliphatic rings. The molecule has 0 saturated heterocycles. The predicted octanol–water partition coefficient (Wildman–Crippen LogP) is 11.5. The van der Waals surface area contributed by atoms with Gasteiger partial charge in [-0.1, -0.05) is 177 Å². The number of hydrogen-bond acceptors (Lipinski definition) is 0. The van der Waals surface area contributed by atoms with Crippen molar-refractivity contribution in [3.05, 3.63) is 71.8 Å². The van der Waals surface area contributed by atoms with Crippen molar-refractivity contribution >= 4 is 0 Å². The zero-order valence-corrected chi connectivity index (χ0v) is 22.9. The Morgan fingerprint density at radius 3 is 0.882 bits per heavy atom. The second-order valence-electron chi connectivity index (χ2n) is 10.1. The van der Waals surface area contributed by atoms with Gasteiger partial charge in [-0.2, -0.15) is 0 Å². The average molecular weight is 465 g/mol. The molecule has 192 valence electrons. The van der Waals surface area contributed by atoms with Crippen LogP contribution in [0.5, 0.6) is 0 Å². The summed E-state index contributed by atoms with van der Waals surface area (Å²) in [5, 5.41) is 0. The summed E-state index contributed by atoms with van der Waals surface area (Å²) in [6.45, 7) is 4.56. The minimum atomic E-state index is 1.26. The molecule has 0 saturated carbocycles. The first-order valence-corrected chi connectivity index (χ1v) is 14.9. The van der Waals surface area contributed by atoms with Gasteiger partial charge in [-0.25, -0.2) is 0 Å². The Morgan fingerprint density at radius 1 is 0.324 bits per heavy atom. The first-order chi connectivity index (χ1) is 16.9. The third-order valence-electron chi connectivity index (χ3n) is 6.82. The Hall–Kier alpha value is -1.56. The summed E-state index contributed by atoms with van der Waals surface area (Å²) in [6, 6.07) is 21.7. The van der Waals surface area contributed by atoms with Crippen LogP contribution in [0.1, 0.15) is 141 Å². The highest BCUT2D eigenvalue weighted by atomic mass is 14.0. The summed E-state index contributed by atoms with van der Waals surface area (Å²) in [4.78, 5) is 0. The molecule has 0 heterocycles. The van der Waals surface area contributed by atoms with Gasteiger partial charge >= 0.3 is 0 Å². The molecule has 0 heteroatoms. The average Bonchev–Trinajstić information content (AvgIpc) is 2.88. The van der Waals surface area contributed by atoms with Crippen LogP contribution in [-0.4, -0.2) is 0 Å². The van der Waals surface area contributed by atoms with Crippen molar-refractivity contribution in [2.75, 3.05) is 0 Å². The fourth-order valence-electron chi connectivity index (χ4n) is 4.57. The second kappa shape index (κ2) is 24.6. The predicted molar refractivity (Wildman–Crippen MR) is 155 cm³/mol. The first-order valence-electron chi connectivity index (χ1n) is 14.9. The lowest BCUT2D eigenvalue weighted by atomic mass is 10.0. The molecule has 0 spiro atoms. The molecule has 0 aliphatic carbocycles. The molecule has 2 rings (SSSR count). The Morgan fingerprint density at radius 2 is 0.588 bits per heavy atom. The van der Waals surface area contributed by atoms with Gasteiger partial charge < -0.3 is 0 Å². The van der Waals surface area contributed by atoms with Crippen molar-refractivity contribution in [2.24, 2.45) is 0 Å². The molecule has 34 heavy (non-hydrogen) atoms. The van der Waals surface area contributed by atoms with Gasteiger partial charge in [-0.15, -0.1) is 0 Å². The molecule has 0 amide bonds. The van der Waals surface area contributed by atoms with E-state index in [9.17, 15) is 0 Å². The molecular weight excluding hydrogens is 408 g/mol. The summed E-state index contributed by atoms with van der Waals surface area (Å²) in [5.74, 6) is 0. The van der Waals surface area contributed by atoms with Crippen molar-refractivity contribution in [2.45, 2.75) is 142 Å². The van der Waals surface area contributed by atoms with E-state index >= 15 is 0 Å². The van der Waals surface area contributed by atoms with Crippen molar-refractivity contribution in [3.8, 4) is 0 Å². The summed E-state index contributed by atoms with van der Waals surface area (Å²) in [6.07, 6.45) is 28.1. The van der Waals surface area contributed by atoms with Crippen LogP contribution >= 0.6 is 0 Å². The number of hydrogen-bond donors (Lipinski definition) is 0. The van der Waals surface area contributed by atoms with Crippen LogP contribution in [0.2, 0.25) is 0 Å². The molecule has 0 atom stereocenters. The van der Waals surface area contributed by atoms with Crippen LogP contribution in [0, 0.1) is 0 Å². The highest BCUT2D eigenvalue weighted by Gasteiger charge is 1.95. The summed E-state index contributed by atoms with van der Waals surface area (Å²) < 4.78 is 0. The minimum Gasteiger partial charge on any atom is -0.0654 e. The molecule has 0 aromatic heterocycles. The van der Waals surface area contributed by atoms with Crippen LogP contribution in [0.15, 0.2) is 60.7 Å².